The first-order valence-corrected chi connectivity index (χ1v) is 9.23. The highest BCUT2D eigenvalue weighted by molar-refractivity contribution is 6.60. The maximum Gasteiger partial charge on any atom is 0.489 e. The van der Waals surface area contributed by atoms with Crippen LogP contribution in [0.2, 0.25) is 0 Å². The molecular weight excluding hydrogens is 402 g/mol. The van der Waals surface area contributed by atoms with Gasteiger partial charge in [-0.1, -0.05) is 24.3 Å². The van der Waals surface area contributed by atoms with Crippen molar-refractivity contribution in [3.8, 4) is 5.75 Å². The summed E-state index contributed by atoms with van der Waals surface area (Å²) in [6, 6.07) is 8.85. The summed E-state index contributed by atoms with van der Waals surface area (Å²) in [7, 11) is -1.87. The van der Waals surface area contributed by atoms with Crippen molar-refractivity contribution in [3.05, 3.63) is 59.2 Å². The van der Waals surface area contributed by atoms with Crippen molar-refractivity contribution < 1.29 is 37.5 Å². The van der Waals surface area contributed by atoms with Crippen LogP contribution in [0.25, 0.3) is 0 Å². The summed E-state index contributed by atoms with van der Waals surface area (Å²) in [5, 5.41) is 18.7. The predicted molar refractivity (Wildman–Crippen MR) is 102 cm³/mol. The highest BCUT2D eigenvalue weighted by atomic mass is 19.4. The Hall–Kier alpha value is -2.85. The predicted octanol–water partition coefficient (Wildman–Crippen LogP) is 1.77. The van der Waals surface area contributed by atoms with Gasteiger partial charge >= 0.3 is 13.3 Å². The van der Waals surface area contributed by atoms with Gasteiger partial charge in [-0.25, -0.2) is 0 Å². The van der Waals surface area contributed by atoms with Crippen LogP contribution in [-0.2, 0) is 17.5 Å². The lowest BCUT2D eigenvalue weighted by atomic mass is 9.77. The zero-order valence-electron chi connectivity index (χ0n) is 15.8. The second-order valence-corrected chi connectivity index (χ2v) is 6.99. The van der Waals surface area contributed by atoms with Crippen molar-refractivity contribution in [1.82, 2.24) is 4.90 Å². The van der Waals surface area contributed by atoms with Crippen LogP contribution in [0.3, 0.4) is 0 Å². The van der Waals surface area contributed by atoms with E-state index in [9.17, 15) is 32.8 Å². The number of aldehydes is 1. The Morgan fingerprint density at radius 2 is 1.83 bits per heavy atom. The van der Waals surface area contributed by atoms with E-state index in [1.807, 2.05) is 0 Å². The first-order chi connectivity index (χ1) is 14.2. The second kappa shape index (κ2) is 8.89. The molecular formula is C20H19BF3NO5. The first-order valence-electron chi connectivity index (χ1n) is 9.23. The number of nitrogens with zero attached hydrogens (tertiary/aromatic N) is 1. The smallest absolute Gasteiger partial charge is 0.483 e. The SMILES string of the molecule is O=Cc1c(OCC(=O)N(Cc2ccc(C(F)(F)F)cc2)C2CC2)cccc1B(O)O. The molecule has 0 spiro atoms. The van der Waals surface area contributed by atoms with Crippen LogP contribution in [0.5, 0.6) is 5.75 Å². The molecule has 158 valence electrons. The van der Waals surface area contributed by atoms with Crippen LogP contribution >= 0.6 is 0 Å². The fraction of sp³-hybridized carbons (Fsp3) is 0.300. The summed E-state index contributed by atoms with van der Waals surface area (Å²) < 4.78 is 43.6. The highest BCUT2D eigenvalue weighted by Crippen LogP contribution is 2.31. The molecule has 6 nitrogen and oxygen atoms in total. The Bertz CT molecular complexity index is 914. The molecule has 10 heteroatoms. The highest BCUT2D eigenvalue weighted by Gasteiger charge is 2.34. The number of halogens is 3. The molecule has 2 aromatic carbocycles. The van der Waals surface area contributed by atoms with Crippen LogP contribution < -0.4 is 10.2 Å². The van der Waals surface area contributed by atoms with Crippen LogP contribution in [0, 0.1) is 0 Å². The van der Waals surface area contributed by atoms with Crippen LogP contribution in [0.4, 0.5) is 13.2 Å². The molecule has 1 aliphatic rings. The summed E-state index contributed by atoms with van der Waals surface area (Å²) in [4.78, 5) is 25.5. The van der Waals surface area contributed by atoms with Crippen molar-refractivity contribution in [2.45, 2.75) is 31.6 Å². The van der Waals surface area contributed by atoms with E-state index in [0.717, 1.165) is 25.0 Å². The molecule has 0 saturated heterocycles. The summed E-state index contributed by atoms with van der Waals surface area (Å²) in [6.07, 6.45) is -2.43. The molecule has 0 unspecified atom stereocenters. The normalized spacial score (nSPS) is 13.6. The van der Waals surface area contributed by atoms with E-state index in [-0.39, 0.29) is 35.3 Å². The van der Waals surface area contributed by atoms with E-state index in [0.29, 0.717) is 11.8 Å². The maximum atomic E-state index is 12.7. The maximum absolute atomic E-state index is 12.7. The molecule has 1 fully saturated rings. The molecule has 0 bridgehead atoms. The fourth-order valence-electron chi connectivity index (χ4n) is 3.06. The van der Waals surface area contributed by atoms with Gasteiger partial charge < -0.3 is 19.7 Å². The molecule has 2 aromatic rings. The van der Waals surface area contributed by atoms with Crippen molar-refractivity contribution in [3.63, 3.8) is 0 Å². The number of carbonyl (C=O) groups excluding carboxylic acids is 2. The average Bonchev–Trinajstić information content (AvgIpc) is 3.54. The minimum atomic E-state index is -4.43. The van der Waals surface area contributed by atoms with Gasteiger partial charge in [-0.15, -0.1) is 0 Å². The van der Waals surface area contributed by atoms with Gasteiger partial charge in [0, 0.05) is 12.6 Å². The summed E-state index contributed by atoms with van der Waals surface area (Å²) in [6.45, 7) is -0.260. The number of hydrogen-bond donors (Lipinski definition) is 2. The van der Waals surface area contributed by atoms with E-state index < -0.39 is 25.5 Å². The van der Waals surface area contributed by atoms with Crippen molar-refractivity contribution in [2.75, 3.05) is 6.61 Å². The van der Waals surface area contributed by atoms with Crippen LogP contribution in [-0.4, -0.2) is 46.9 Å². The molecule has 2 N–H and O–H groups in total. The van der Waals surface area contributed by atoms with E-state index in [2.05, 4.69) is 0 Å². The summed E-state index contributed by atoms with van der Waals surface area (Å²) in [5.74, 6) is -0.349. The Morgan fingerprint density at radius 1 is 1.17 bits per heavy atom. The molecule has 0 atom stereocenters. The number of benzene rings is 2. The van der Waals surface area contributed by atoms with Crippen LogP contribution in [0.1, 0.15) is 34.3 Å². The van der Waals surface area contributed by atoms with Gasteiger partial charge in [0.05, 0.1) is 11.1 Å². The van der Waals surface area contributed by atoms with Crippen molar-refractivity contribution >= 4 is 24.8 Å². The number of carbonyl (C=O) groups is 2. The van der Waals surface area contributed by atoms with Gasteiger partial charge in [0.15, 0.2) is 12.9 Å². The number of rotatable bonds is 8. The monoisotopic (exact) mass is 421 g/mol. The molecule has 1 aliphatic carbocycles. The number of amides is 1. The van der Waals surface area contributed by atoms with E-state index in [1.165, 1.54) is 35.2 Å². The minimum Gasteiger partial charge on any atom is -0.483 e. The zero-order chi connectivity index (χ0) is 21.9. The number of hydrogen-bond acceptors (Lipinski definition) is 5. The lowest BCUT2D eigenvalue weighted by Gasteiger charge is -2.23. The van der Waals surface area contributed by atoms with Gasteiger partial charge in [-0.3, -0.25) is 9.59 Å². The third-order valence-corrected chi connectivity index (χ3v) is 4.79. The molecule has 3 rings (SSSR count). The second-order valence-electron chi connectivity index (χ2n) is 6.99. The van der Waals surface area contributed by atoms with E-state index >= 15 is 0 Å². The average molecular weight is 421 g/mol. The van der Waals surface area contributed by atoms with Gasteiger partial charge in [-0.2, -0.15) is 13.2 Å². The van der Waals surface area contributed by atoms with Gasteiger partial charge in [0.25, 0.3) is 5.91 Å². The van der Waals surface area contributed by atoms with Gasteiger partial charge in [0.2, 0.25) is 0 Å². The van der Waals surface area contributed by atoms with Gasteiger partial charge in [-0.05, 0) is 42.1 Å². The summed E-state index contributed by atoms with van der Waals surface area (Å²) in [5.41, 5.74) is -0.312. The molecule has 0 heterocycles. The van der Waals surface area contributed by atoms with E-state index in [4.69, 9.17) is 4.74 Å². The van der Waals surface area contributed by atoms with Crippen molar-refractivity contribution in [1.29, 1.82) is 0 Å². The minimum absolute atomic E-state index is 0.0143. The zero-order valence-corrected chi connectivity index (χ0v) is 15.8. The first kappa shape index (κ1) is 21.9. The molecule has 30 heavy (non-hydrogen) atoms. The Balaban J connectivity index is 1.69. The number of ether oxygens (including phenoxy) is 1. The Labute approximate surface area is 171 Å². The molecule has 1 amide bonds. The topological polar surface area (TPSA) is 87.1 Å². The quantitative estimate of drug-likeness (QED) is 0.501. The standard InChI is InChI=1S/C20H19BF3NO5/c22-20(23,24)14-6-4-13(5-7-14)10-25(15-8-9-15)19(27)12-30-18-3-1-2-17(21(28)29)16(18)11-26/h1-7,11,15,28-29H,8-10,12H2. The Morgan fingerprint density at radius 3 is 2.37 bits per heavy atom. The van der Waals surface area contributed by atoms with E-state index in [1.54, 1.807) is 0 Å². The largest absolute Gasteiger partial charge is 0.489 e. The molecule has 0 aromatic heterocycles. The lowest BCUT2D eigenvalue weighted by Crippen LogP contribution is -2.37. The molecule has 0 aliphatic heterocycles. The van der Waals surface area contributed by atoms with Crippen LogP contribution in [0.15, 0.2) is 42.5 Å². The third-order valence-electron chi connectivity index (χ3n) is 4.79. The lowest BCUT2D eigenvalue weighted by molar-refractivity contribution is -0.138. The van der Waals surface area contributed by atoms with Crippen molar-refractivity contribution in [2.24, 2.45) is 0 Å². The van der Waals surface area contributed by atoms with Gasteiger partial charge in [0.1, 0.15) is 5.75 Å². The molecule has 1 saturated carbocycles. The molecule has 0 radical (unpaired) electrons. The number of alkyl halides is 3. The Kier molecular flexibility index (Phi) is 6.47. The summed E-state index contributed by atoms with van der Waals surface area (Å²) >= 11 is 0. The third kappa shape index (κ3) is 5.19. The fourth-order valence-corrected chi connectivity index (χ4v) is 3.06.